The van der Waals surface area contributed by atoms with E-state index in [1.807, 2.05) is 0 Å². The predicted molar refractivity (Wildman–Crippen MR) is 98.1 cm³/mol. The van der Waals surface area contributed by atoms with E-state index in [-0.39, 0.29) is 18.2 Å². The molecule has 0 saturated carbocycles. The summed E-state index contributed by atoms with van der Waals surface area (Å²) in [5.74, 6) is 0.919. The molecule has 0 bridgehead atoms. The molecule has 2 aromatic rings. The molecule has 29 heavy (non-hydrogen) atoms. The van der Waals surface area contributed by atoms with Crippen molar-refractivity contribution in [1.82, 2.24) is 9.88 Å². The van der Waals surface area contributed by atoms with E-state index >= 15 is 0 Å². The number of amides is 1. The van der Waals surface area contributed by atoms with Gasteiger partial charge in [-0.3, -0.25) is 4.79 Å². The molecule has 1 unspecified atom stereocenters. The Morgan fingerprint density at radius 3 is 2.62 bits per heavy atom. The van der Waals surface area contributed by atoms with Crippen LogP contribution in [-0.2, 0) is 17.4 Å². The second kappa shape index (κ2) is 8.59. The predicted octanol–water partition coefficient (Wildman–Crippen LogP) is 3.34. The number of methoxy groups -OCH3 is 2. The number of ether oxygens (including phenoxy) is 3. The fraction of sp³-hybridized carbons (Fsp3) is 0.400. The minimum atomic E-state index is -4.46. The maximum absolute atomic E-state index is 12.8. The van der Waals surface area contributed by atoms with Gasteiger partial charge in [0.2, 0.25) is 11.8 Å². The third-order valence-corrected chi connectivity index (χ3v) is 4.65. The molecule has 9 heteroatoms. The molecule has 1 aliphatic rings. The SMILES string of the molecule is COc1ccc(CC(=O)N2CCC(Oc3cc(C(F)(F)F)ccn3)C2)cc1OC. The molecule has 0 radical (unpaired) electrons. The highest BCUT2D eigenvalue weighted by atomic mass is 19.4. The lowest BCUT2D eigenvalue weighted by atomic mass is 10.1. The lowest BCUT2D eigenvalue weighted by Gasteiger charge is -2.18. The largest absolute Gasteiger partial charge is 0.493 e. The van der Waals surface area contributed by atoms with Gasteiger partial charge in [0, 0.05) is 25.2 Å². The maximum Gasteiger partial charge on any atom is 0.416 e. The third kappa shape index (κ3) is 5.10. The van der Waals surface area contributed by atoms with Crippen molar-refractivity contribution in [3.8, 4) is 17.4 Å². The van der Waals surface area contributed by atoms with Crippen molar-refractivity contribution in [2.45, 2.75) is 25.1 Å². The zero-order chi connectivity index (χ0) is 21.0. The van der Waals surface area contributed by atoms with Crippen LogP contribution in [0.3, 0.4) is 0 Å². The highest BCUT2D eigenvalue weighted by Gasteiger charge is 2.32. The summed E-state index contributed by atoms with van der Waals surface area (Å²) in [6.07, 6.45) is -3.10. The first kappa shape index (κ1) is 20.8. The molecule has 1 aliphatic heterocycles. The Morgan fingerprint density at radius 2 is 1.93 bits per heavy atom. The van der Waals surface area contributed by atoms with Crippen molar-refractivity contribution in [1.29, 1.82) is 0 Å². The first-order valence-corrected chi connectivity index (χ1v) is 8.98. The van der Waals surface area contributed by atoms with Gasteiger partial charge in [-0.05, 0) is 23.8 Å². The van der Waals surface area contributed by atoms with Crippen LogP contribution in [0.2, 0.25) is 0 Å². The van der Waals surface area contributed by atoms with Gasteiger partial charge in [0.25, 0.3) is 0 Å². The second-order valence-corrected chi connectivity index (χ2v) is 6.61. The van der Waals surface area contributed by atoms with Crippen molar-refractivity contribution in [3.05, 3.63) is 47.7 Å². The van der Waals surface area contributed by atoms with Gasteiger partial charge in [-0.15, -0.1) is 0 Å². The van der Waals surface area contributed by atoms with Gasteiger partial charge in [-0.25, -0.2) is 4.98 Å². The monoisotopic (exact) mass is 410 g/mol. The molecule has 6 nitrogen and oxygen atoms in total. The smallest absolute Gasteiger partial charge is 0.416 e. The Labute approximate surface area is 166 Å². The highest BCUT2D eigenvalue weighted by Crippen LogP contribution is 2.31. The fourth-order valence-corrected chi connectivity index (χ4v) is 3.15. The van der Waals surface area contributed by atoms with Crippen LogP contribution in [0.15, 0.2) is 36.5 Å². The van der Waals surface area contributed by atoms with E-state index in [1.54, 1.807) is 23.1 Å². The Balaban J connectivity index is 1.59. The molecule has 0 N–H and O–H groups in total. The van der Waals surface area contributed by atoms with E-state index in [2.05, 4.69) is 4.98 Å². The number of hydrogen-bond donors (Lipinski definition) is 0. The fourth-order valence-electron chi connectivity index (χ4n) is 3.15. The number of hydrogen-bond acceptors (Lipinski definition) is 5. The Hall–Kier alpha value is -2.97. The lowest BCUT2D eigenvalue weighted by Crippen LogP contribution is -2.32. The number of rotatable bonds is 6. The molecule has 0 spiro atoms. The third-order valence-electron chi connectivity index (χ3n) is 4.65. The van der Waals surface area contributed by atoms with Gasteiger partial charge in [0.05, 0.1) is 32.7 Å². The molecule has 1 aromatic heterocycles. The average Bonchev–Trinajstić information content (AvgIpc) is 3.16. The van der Waals surface area contributed by atoms with Crippen LogP contribution in [0.25, 0.3) is 0 Å². The standard InChI is InChI=1S/C20H21F3N2O4/c1-27-16-4-3-13(9-17(16)28-2)10-19(26)25-8-6-15(12-25)29-18-11-14(5-7-24-18)20(21,22)23/h3-5,7,9,11,15H,6,8,10,12H2,1-2H3. The summed E-state index contributed by atoms with van der Waals surface area (Å²) in [5.41, 5.74) is -0.0431. The first-order valence-electron chi connectivity index (χ1n) is 8.98. The Bertz CT molecular complexity index is 873. The van der Waals surface area contributed by atoms with Gasteiger partial charge < -0.3 is 19.1 Å². The number of alkyl halides is 3. The van der Waals surface area contributed by atoms with Crippen LogP contribution in [-0.4, -0.2) is 49.2 Å². The topological polar surface area (TPSA) is 60.9 Å². The number of pyridine rings is 1. The maximum atomic E-state index is 12.8. The number of carbonyl (C=O) groups is 1. The minimum absolute atomic E-state index is 0.0969. The molecule has 1 atom stereocenters. The van der Waals surface area contributed by atoms with Gasteiger partial charge in [-0.2, -0.15) is 13.2 Å². The number of carbonyl (C=O) groups excluding carboxylic acids is 1. The number of benzene rings is 1. The molecule has 2 heterocycles. The average molecular weight is 410 g/mol. The van der Waals surface area contributed by atoms with E-state index < -0.39 is 17.8 Å². The molecular weight excluding hydrogens is 389 g/mol. The molecule has 3 rings (SSSR count). The Kier molecular flexibility index (Phi) is 6.14. The summed E-state index contributed by atoms with van der Waals surface area (Å²) in [7, 11) is 3.06. The number of nitrogens with zero attached hydrogens (tertiary/aromatic N) is 2. The second-order valence-electron chi connectivity index (χ2n) is 6.61. The molecule has 1 saturated heterocycles. The quantitative estimate of drug-likeness (QED) is 0.731. The summed E-state index contributed by atoms with van der Waals surface area (Å²) in [5, 5.41) is 0. The summed E-state index contributed by atoms with van der Waals surface area (Å²) in [6, 6.07) is 7.02. The van der Waals surface area contributed by atoms with Gasteiger partial charge in [0.1, 0.15) is 6.10 Å². The van der Waals surface area contributed by atoms with Crippen LogP contribution in [0.1, 0.15) is 17.5 Å². The van der Waals surface area contributed by atoms with Crippen LogP contribution in [0.4, 0.5) is 13.2 Å². The van der Waals surface area contributed by atoms with E-state index in [0.717, 1.165) is 23.9 Å². The van der Waals surface area contributed by atoms with Crippen molar-refractivity contribution >= 4 is 5.91 Å². The molecule has 1 aromatic carbocycles. The minimum Gasteiger partial charge on any atom is -0.493 e. The van der Waals surface area contributed by atoms with E-state index in [4.69, 9.17) is 14.2 Å². The molecule has 156 valence electrons. The Morgan fingerprint density at radius 1 is 1.17 bits per heavy atom. The van der Waals surface area contributed by atoms with Crippen LogP contribution >= 0.6 is 0 Å². The highest BCUT2D eigenvalue weighted by molar-refractivity contribution is 5.79. The zero-order valence-corrected chi connectivity index (χ0v) is 16.0. The van der Waals surface area contributed by atoms with Crippen molar-refractivity contribution in [2.24, 2.45) is 0 Å². The van der Waals surface area contributed by atoms with Gasteiger partial charge in [-0.1, -0.05) is 6.07 Å². The van der Waals surface area contributed by atoms with E-state index in [9.17, 15) is 18.0 Å². The summed E-state index contributed by atoms with van der Waals surface area (Å²) < 4.78 is 54.4. The zero-order valence-electron chi connectivity index (χ0n) is 16.0. The van der Waals surface area contributed by atoms with Crippen LogP contribution in [0.5, 0.6) is 17.4 Å². The van der Waals surface area contributed by atoms with Crippen molar-refractivity contribution < 1.29 is 32.2 Å². The normalized spacial score (nSPS) is 16.6. The summed E-state index contributed by atoms with van der Waals surface area (Å²) >= 11 is 0. The summed E-state index contributed by atoms with van der Waals surface area (Å²) in [4.78, 5) is 18.1. The molecular formula is C20H21F3N2O4. The number of halogens is 3. The molecule has 0 aliphatic carbocycles. The van der Waals surface area contributed by atoms with Crippen molar-refractivity contribution in [2.75, 3.05) is 27.3 Å². The first-order chi connectivity index (χ1) is 13.8. The lowest BCUT2D eigenvalue weighted by molar-refractivity contribution is -0.137. The number of aromatic nitrogens is 1. The van der Waals surface area contributed by atoms with E-state index in [1.165, 1.54) is 14.2 Å². The van der Waals surface area contributed by atoms with Crippen LogP contribution < -0.4 is 14.2 Å². The van der Waals surface area contributed by atoms with Gasteiger partial charge in [0.15, 0.2) is 11.5 Å². The number of likely N-dealkylation sites (tertiary alicyclic amines) is 1. The van der Waals surface area contributed by atoms with Crippen LogP contribution in [0, 0.1) is 0 Å². The van der Waals surface area contributed by atoms with E-state index in [0.29, 0.717) is 31.0 Å². The van der Waals surface area contributed by atoms with Crippen molar-refractivity contribution in [3.63, 3.8) is 0 Å². The molecule has 1 amide bonds. The van der Waals surface area contributed by atoms with Gasteiger partial charge >= 0.3 is 6.18 Å². The summed E-state index contributed by atoms with van der Waals surface area (Å²) in [6.45, 7) is 0.764. The molecule has 1 fully saturated rings.